The first kappa shape index (κ1) is 46.2. The number of phenolic OH excluding ortho intramolecular Hbond substituents is 11. The van der Waals surface area contributed by atoms with Gasteiger partial charge in [0.15, 0.2) is 69.6 Å². The predicted molar refractivity (Wildman–Crippen MR) is 208 cm³/mol. The molecule has 28 nitrogen and oxygen atoms in total. The number of fused-ring (bicyclic) bond motifs is 3. The maximum absolute atomic E-state index is 14.6. The van der Waals surface area contributed by atoms with Crippen LogP contribution >= 0.6 is 0 Å². The molecule has 4 heterocycles. The van der Waals surface area contributed by atoms with Crippen molar-refractivity contribution in [3.63, 3.8) is 0 Å². The second kappa shape index (κ2) is 16.2. The summed E-state index contributed by atoms with van der Waals surface area (Å²) in [6.07, 6.45) is -17.3. The molecule has 0 spiro atoms. The van der Waals surface area contributed by atoms with E-state index in [4.69, 9.17) is 33.2 Å². The molecule has 0 unspecified atom stereocenters. The van der Waals surface area contributed by atoms with Gasteiger partial charge in [0.05, 0.1) is 34.6 Å². The molecule has 0 radical (unpaired) electrons. The van der Waals surface area contributed by atoms with Crippen LogP contribution in [0, 0.1) is 0 Å². The number of hydrogen-bond donors (Lipinski definition) is 14. The van der Waals surface area contributed by atoms with Crippen LogP contribution in [0.25, 0.3) is 11.1 Å². The van der Waals surface area contributed by atoms with Gasteiger partial charge in [0, 0.05) is 16.7 Å². The molecule has 362 valence electrons. The summed E-state index contributed by atoms with van der Waals surface area (Å²) >= 11 is 0. The third-order valence-corrected chi connectivity index (χ3v) is 11.3. The molecule has 4 aliphatic heterocycles. The average Bonchev–Trinajstić information content (AvgIpc) is 3.70. The van der Waals surface area contributed by atoms with Crippen LogP contribution in [0.3, 0.4) is 0 Å². The van der Waals surface area contributed by atoms with Gasteiger partial charge in [-0.2, -0.15) is 0 Å². The molecule has 14 N–H and O–H groups in total. The standard InChI is InChI=1S/C41H30O28/c42-12-1-8(2-13(43)23(12)49)35(57)69-39-33-32-29(68-40(61)41(62,6-18(47)48)22-21-11(38(60)67-33)5-16(46)26(52)30(21)65-31(22)34(55)56)17(64-39)7-63-36(58)9-3-14(44)24(50)27(53)19(9)20-10(37(59)66-32)4-15(45)25(51)28(20)54/h1-5,17,22,29,31-33,39,42-46,49-54,62H,6-7H2,(H,47,48)(H,55,56)/t17-,22+,29-,31+,32+,33-,39-,41-/m0/s1. The highest BCUT2D eigenvalue weighted by Crippen LogP contribution is 2.56. The number of carbonyl (C=O) groups is 7. The van der Waals surface area contributed by atoms with Crippen LogP contribution in [0.5, 0.6) is 69.0 Å². The molecule has 4 aromatic carbocycles. The summed E-state index contributed by atoms with van der Waals surface area (Å²) in [5.74, 6) is -31.7. The van der Waals surface area contributed by atoms with E-state index in [0.717, 1.165) is 0 Å². The van der Waals surface area contributed by atoms with Gasteiger partial charge in [-0.1, -0.05) is 0 Å². The van der Waals surface area contributed by atoms with Gasteiger partial charge in [0.1, 0.15) is 12.7 Å². The molecule has 4 bridgehead atoms. The molecule has 8 atom stereocenters. The van der Waals surface area contributed by atoms with Crippen LogP contribution in [0.2, 0.25) is 0 Å². The van der Waals surface area contributed by atoms with Crippen molar-refractivity contribution >= 4 is 41.8 Å². The lowest BCUT2D eigenvalue weighted by atomic mass is 9.75. The lowest BCUT2D eigenvalue weighted by Crippen LogP contribution is -2.64. The van der Waals surface area contributed by atoms with E-state index < -0.39 is 211 Å². The van der Waals surface area contributed by atoms with Gasteiger partial charge in [-0.3, -0.25) is 4.79 Å². The monoisotopic (exact) mass is 970 g/mol. The highest BCUT2D eigenvalue weighted by Gasteiger charge is 2.63. The maximum Gasteiger partial charge on any atom is 0.345 e. The Hall–Kier alpha value is -9.31. The lowest BCUT2D eigenvalue weighted by molar-refractivity contribution is -0.289. The Bertz CT molecular complexity index is 2950. The molecule has 0 aromatic heterocycles. The van der Waals surface area contributed by atoms with E-state index in [9.17, 15) is 105 Å². The molecule has 0 saturated carbocycles. The van der Waals surface area contributed by atoms with E-state index in [0.29, 0.717) is 30.3 Å². The van der Waals surface area contributed by atoms with Crippen LogP contribution in [0.15, 0.2) is 30.3 Å². The quantitative estimate of drug-likeness (QED) is 0.0692. The van der Waals surface area contributed by atoms with Gasteiger partial charge in [0.25, 0.3) is 0 Å². The number of benzene rings is 4. The molecule has 4 aliphatic rings. The number of carboxylic acid groups (broad SMARTS) is 2. The minimum atomic E-state index is -3.77. The van der Waals surface area contributed by atoms with Crippen LogP contribution in [-0.2, 0) is 42.8 Å². The van der Waals surface area contributed by atoms with E-state index in [-0.39, 0.29) is 0 Å². The number of carbonyl (C=O) groups excluding carboxylic acids is 5. The fourth-order valence-electron chi connectivity index (χ4n) is 8.17. The number of ether oxygens (including phenoxy) is 7. The Labute approximate surface area is 379 Å². The normalized spacial score (nSPS) is 24.9. The highest BCUT2D eigenvalue weighted by atomic mass is 16.7. The van der Waals surface area contributed by atoms with Gasteiger partial charge in [-0.15, -0.1) is 0 Å². The Morgan fingerprint density at radius 2 is 1.10 bits per heavy atom. The maximum atomic E-state index is 14.6. The van der Waals surface area contributed by atoms with Crippen molar-refractivity contribution < 1.29 is 138 Å². The highest BCUT2D eigenvalue weighted by molar-refractivity contribution is 6.08. The SMILES string of the molecule is O=C(O)C[C@@]1(O)C(=O)O[C@@H]2[C@H]3OC(=O)c4cc(O)c(O)c(O)c4-c4c(cc(O)c(O)c4O)C(=O)OC[C@@H]2O[C@@H](OC(=O)c2cc(O)c(O)c(O)c2)[C@H]3OC(=O)c2cc(O)c(O)c3c2[C@@H]1[C@H](C(=O)O)O3. The van der Waals surface area contributed by atoms with Gasteiger partial charge in [0.2, 0.25) is 35.7 Å². The first-order valence-corrected chi connectivity index (χ1v) is 19.3. The van der Waals surface area contributed by atoms with E-state index in [2.05, 4.69) is 0 Å². The van der Waals surface area contributed by atoms with E-state index in [1.165, 1.54) is 0 Å². The van der Waals surface area contributed by atoms with Crippen LogP contribution in [-0.4, -0.2) is 162 Å². The van der Waals surface area contributed by atoms with Crippen molar-refractivity contribution in [3.05, 3.63) is 58.1 Å². The minimum absolute atomic E-state index is 0.326. The van der Waals surface area contributed by atoms with Crippen molar-refractivity contribution in [1.82, 2.24) is 0 Å². The van der Waals surface area contributed by atoms with Crippen LogP contribution in [0.1, 0.15) is 59.3 Å². The number of carboxylic acids is 2. The zero-order chi connectivity index (χ0) is 50.5. The molecule has 28 heteroatoms. The molecule has 4 aromatic rings. The fourth-order valence-corrected chi connectivity index (χ4v) is 8.17. The molecule has 0 aliphatic carbocycles. The topological polar surface area (TPSA) is 467 Å². The number of phenols is 11. The van der Waals surface area contributed by atoms with E-state index in [1.807, 2.05) is 0 Å². The summed E-state index contributed by atoms with van der Waals surface area (Å²) in [5.41, 5.74) is -11.3. The summed E-state index contributed by atoms with van der Waals surface area (Å²) in [6.45, 7) is -1.39. The number of esters is 5. The number of rotatable bonds is 5. The molecular weight excluding hydrogens is 940 g/mol. The predicted octanol–water partition coefficient (Wildman–Crippen LogP) is -0.321. The summed E-state index contributed by atoms with van der Waals surface area (Å²) in [6, 6.07) is 2.17. The fraction of sp³-hybridized carbons (Fsp3) is 0.244. The third kappa shape index (κ3) is 7.30. The van der Waals surface area contributed by atoms with Gasteiger partial charge in [-0.05, 0) is 30.3 Å². The van der Waals surface area contributed by atoms with Gasteiger partial charge < -0.3 is 105 Å². The van der Waals surface area contributed by atoms with Gasteiger partial charge in [-0.25, -0.2) is 28.8 Å². The summed E-state index contributed by atoms with van der Waals surface area (Å²) in [5, 5.41) is 149. The smallest absolute Gasteiger partial charge is 0.345 e. The van der Waals surface area contributed by atoms with Crippen LogP contribution in [0.4, 0.5) is 0 Å². The second-order valence-electron chi connectivity index (χ2n) is 15.4. The molecule has 8 rings (SSSR count). The number of aliphatic hydroxyl groups is 1. The summed E-state index contributed by atoms with van der Waals surface area (Å²) in [7, 11) is 0. The third-order valence-electron chi connectivity index (χ3n) is 11.3. The molecule has 1 saturated heterocycles. The zero-order valence-corrected chi connectivity index (χ0v) is 33.8. The first-order chi connectivity index (χ1) is 32.4. The van der Waals surface area contributed by atoms with Crippen molar-refractivity contribution in [2.75, 3.05) is 6.61 Å². The van der Waals surface area contributed by atoms with Crippen molar-refractivity contribution in [1.29, 1.82) is 0 Å². The van der Waals surface area contributed by atoms with Gasteiger partial charge >= 0.3 is 41.8 Å². The Balaban J connectivity index is 1.40. The molecule has 1 fully saturated rings. The van der Waals surface area contributed by atoms with Crippen molar-refractivity contribution in [2.24, 2.45) is 0 Å². The van der Waals surface area contributed by atoms with E-state index >= 15 is 0 Å². The first-order valence-electron chi connectivity index (χ1n) is 19.3. The average molecular weight is 971 g/mol. The Morgan fingerprint density at radius 1 is 0.594 bits per heavy atom. The van der Waals surface area contributed by atoms with Crippen LogP contribution < -0.4 is 4.74 Å². The zero-order valence-electron chi connectivity index (χ0n) is 33.8. The molecule has 69 heavy (non-hydrogen) atoms. The Morgan fingerprint density at radius 3 is 1.67 bits per heavy atom. The lowest BCUT2D eigenvalue weighted by Gasteiger charge is -2.44. The largest absolute Gasteiger partial charge is 0.504 e. The summed E-state index contributed by atoms with van der Waals surface area (Å²) < 4.78 is 38.8. The molecular formula is C41H30O28. The number of aliphatic carboxylic acids is 2. The minimum Gasteiger partial charge on any atom is -0.504 e. The van der Waals surface area contributed by atoms with Crippen molar-refractivity contribution in [3.8, 4) is 80.1 Å². The Kier molecular flexibility index (Phi) is 10.9. The van der Waals surface area contributed by atoms with Crippen molar-refractivity contribution in [2.45, 2.75) is 54.7 Å². The number of aromatic hydroxyl groups is 11. The summed E-state index contributed by atoms with van der Waals surface area (Å²) in [4.78, 5) is 96.7. The number of cyclic esters (lactones) is 1. The molecule has 0 amide bonds. The van der Waals surface area contributed by atoms with E-state index in [1.54, 1.807) is 0 Å². The number of hydrogen-bond acceptors (Lipinski definition) is 26. The second-order valence-corrected chi connectivity index (χ2v) is 15.4.